The van der Waals surface area contributed by atoms with Gasteiger partial charge in [-0.1, -0.05) is 34.1 Å². The van der Waals surface area contributed by atoms with Gasteiger partial charge in [0, 0.05) is 9.85 Å². The first-order valence-corrected chi connectivity index (χ1v) is 7.30. The molecule has 0 saturated carbocycles. The molecule has 0 unspecified atom stereocenters. The molecule has 0 N–H and O–H groups in total. The number of hydrogen-bond acceptors (Lipinski definition) is 3. The van der Waals surface area contributed by atoms with Gasteiger partial charge in [0.2, 0.25) is 0 Å². The van der Waals surface area contributed by atoms with E-state index in [2.05, 4.69) is 20.9 Å². The summed E-state index contributed by atoms with van der Waals surface area (Å²) in [6.07, 6.45) is 0. The molecule has 0 aliphatic rings. The monoisotopic (exact) mass is 331 g/mol. The van der Waals surface area contributed by atoms with Gasteiger partial charge in [-0.3, -0.25) is 0 Å². The summed E-state index contributed by atoms with van der Waals surface area (Å²) in [5.74, 6) is 0.459. The van der Waals surface area contributed by atoms with Crippen molar-refractivity contribution >= 4 is 38.9 Å². The molecule has 90 valence electrons. The lowest BCUT2D eigenvalue weighted by Gasteiger charge is -2.04. The van der Waals surface area contributed by atoms with E-state index >= 15 is 0 Å². The highest BCUT2D eigenvalue weighted by Crippen LogP contribution is 2.18. The number of halogens is 2. The van der Waals surface area contributed by atoms with Gasteiger partial charge >= 0.3 is 0 Å². The Bertz CT molecular complexity index is 489. The number of thiazole rings is 1. The molecule has 1 aromatic carbocycles. The fraction of sp³-hybridized carbons (Fsp3) is 0.250. The van der Waals surface area contributed by atoms with E-state index in [1.165, 1.54) is 0 Å². The highest BCUT2D eigenvalue weighted by atomic mass is 79.9. The van der Waals surface area contributed by atoms with Gasteiger partial charge < -0.3 is 4.74 Å². The van der Waals surface area contributed by atoms with E-state index in [-0.39, 0.29) is 0 Å². The van der Waals surface area contributed by atoms with Gasteiger partial charge in [0.1, 0.15) is 5.01 Å². The molecule has 2 aromatic rings. The first kappa shape index (κ1) is 13.0. The van der Waals surface area contributed by atoms with Crippen molar-refractivity contribution < 1.29 is 4.74 Å². The van der Waals surface area contributed by atoms with Crippen molar-refractivity contribution in [3.05, 3.63) is 50.4 Å². The van der Waals surface area contributed by atoms with Crippen LogP contribution < -0.4 is 0 Å². The fourth-order valence-corrected chi connectivity index (χ4v) is 2.70. The van der Waals surface area contributed by atoms with Crippen LogP contribution in [0.5, 0.6) is 0 Å². The summed E-state index contributed by atoms with van der Waals surface area (Å²) in [5, 5.41) is 2.93. The van der Waals surface area contributed by atoms with Crippen molar-refractivity contribution in [3.63, 3.8) is 0 Å². The lowest BCUT2D eigenvalue weighted by Crippen LogP contribution is -1.94. The molecular formula is C12H11BrClNOS. The van der Waals surface area contributed by atoms with E-state index < -0.39 is 0 Å². The molecule has 2 rings (SSSR count). The van der Waals surface area contributed by atoms with Crippen LogP contribution in [0, 0.1) is 0 Å². The summed E-state index contributed by atoms with van der Waals surface area (Å²) >= 11 is 10.8. The average Bonchev–Trinajstić information content (AvgIpc) is 2.80. The van der Waals surface area contributed by atoms with Crippen LogP contribution in [0.2, 0.25) is 0 Å². The van der Waals surface area contributed by atoms with Crippen LogP contribution in [0.1, 0.15) is 16.3 Å². The summed E-state index contributed by atoms with van der Waals surface area (Å²) in [6.45, 7) is 1.11. The molecule has 0 bridgehead atoms. The van der Waals surface area contributed by atoms with E-state index in [1.807, 2.05) is 29.6 Å². The van der Waals surface area contributed by atoms with Gasteiger partial charge in [0.25, 0.3) is 0 Å². The highest BCUT2D eigenvalue weighted by molar-refractivity contribution is 9.10. The topological polar surface area (TPSA) is 22.1 Å². The molecule has 0 aliphatic carbocycles. The van der Waals surface area contributed by atoms with Crippen LogP contribution in [-0.2, 0) is 23.8 Å². The number of rotatable bonds is 5. The van der Waals surface area contributed by atoms with E-state index in [0.717, 1.165) is 20.7 Å². The van der Waals surface area contributed by atoms with E-state index in [9.17, 15) is 0 Å². The van der Waals surface area contributed by atoms with Crippen molar-refractivity contribution in [1.29, 1.82) is 0 Å². The SMILES string of the molecule is ClCc1csc(COCc2ccccc2Br)n1. The first-order valence-electron chi connectivity index (χ1n) is 5.10. The van der Waals surface area contributed by atoms with Crippen molar-refractivity contribution in [2.24, 2.45) is 0 Å². The van der Waals surface area contributed by atoms with Crippen LogP contribution in [-0.4, -0.2) is 4.98 Å². The van der Waals surface area contributed by atoms with Crippen molar-refractivity contribution in [2.75, 3.05) is 0 Å². The van der Waals surface area contributed by atoms with Gasteiger partial charge in [0.05, 0.1) is 24.8 Å². The maximum atomic E-state index is 5.69. The number of nitrogens with zero attached hydrogens (tertiary/aromatic N) is 1. The lowest BCUT2D eigenvalue weighted by atomic mass is 10.2. The Kier molecular flexibility index (Phi) is 4.98. The zero-order valence-electron chi connectivity index (χ0n) is 9.03. The van der Waals surface area contributed by atoms with Crippen LogP contribution in [0.15, 0.2) is 34.1 Å². The summed E-state index contributed by atoms with van der Waals surface area (Å²) in [5.41, 5.74) is 2.05. The van der Waals surface area contributed by atoms with Gasteiger partial charge in [-0.05, 0) is 11.6 Å². The molecule has 0 radical (unpaired) electrons. The fourth-order valence-electron chi connectivity index (χ4n) is 1.34. The molecule has 1 heterocycles. The largest absolute Gasteiger partial charge is 0.370 e. The second-order valence-electron chi connectivity index (χ2n) is 3.45. The van der Waals surface area contributed by atoms with Crippen LogP contribution in [0.25, 0.3) is 0 Å². The molecular weight excluding hydrogens is 322 g/mol. The third-order valence-electron chi connectivity index (χ3n) is 2.18. The molecule has 1 aromatic heterocycles. The quantitative estimate of drug-likeness (QED) is 0.759. The summed E-state index contributed by atoms with van der Waals surface area (Å²) in [7, 11) is 0. The number of ether oxygens (including phenoxy) is 1. The molecule has 0 spiro atoms. The molecule has 2 nitrogen and oxygen atoms in total. The predicted octanol–water partition coefficient (Wildman–Crippen LogP) is 4.36. The minimum Gasteiger partial charge on any atom is -0.370 e. The van der Waals surface area contributed by atoms with Crippen molar-refractivity contribution in [3.8, 4) is 0 Å². The summed E-state index contributed by atoms with van der Waals surface area (Å²) in [6, 6.07) is 8.03. The van der Waals surface area contributed by atoms with Crippen LogP contribution in [0.3, 0.4) is 0 Å². The molecule has 0 amide bonds. The zero-order chi connectivity index (χ0) is 12.1. The second kappa shape index (κ2) is 6.50. The smallest absolute Gasteiger partial charge is 0.119 e. The van der Waals surface area contributed by atoms with Crippen LogP contribution in [0.4, 0.5) is 0 Å². The Balaban J connectivity index is 1.85. The Morgan fingerprint density at radius 1 is 1.29 bits per heavy atom. The van der Waals surface area contributed by atoms with Gasteiger partial charge in [0.15, 0.2) is 0 Å². The molecule has 17 heavy (non-hydrogen) atoms. The third kappa shape index (κ3) is 3.78. The number of hydrogen-bond donors (Lipinski definition) is 0. The van der Waals surface area contributed by atoms with E-state index in [1.54, 1.807) is 11.3 Å². The van der Waals surface area contributed by atoms with Gasteiger partial charge in [-0.2, -0.15) is 0 Å². The minimum atomic E-state index is 0.459. The lowest BCUT2D eigenvalue weighted by molar-refractivity contribution is 0.106. The molecule has 0 saturated heterocycles. The molecule has 0 atom stereocenters. The van der Waals surface area contributed by atoms with Crippen LogP contribution >= 0.6 is 38.9 Å². The normalized spacial score (nSPS) is 10.7. The first-order chi connectivity index (χ1) is 8.29. The number of alkyl halides is 1. The standard InChI is InChI=1S/C12H11BrClNOS/c13-11-4-2-1-3-9(11)6-16-7-12-15-10(5-14)8-17-12/h1-4,8H,5-7H2. The average molecular weight is 333 g/mol. The summed E-state index contributed by atoms with van der Waals surface area (Å²) in [4.78, 5) is 4.33. The molecule has 5 heteroatoms. The van der Waals surface area contributed by atoms with Crippen molar-refractivity contribution in [2.45, 2.75) is 19.1 Å². The highest BCUT2D eigenvalue weighted by Gasteiger charge is 2.02. The molecule has 0 fully saturated rings. The van der Waals surface area contributed by atoms with E-state index in [4.69, 9.17) is 16.3 Å². The van der Waals surface area contributed by atoms with E-state index in [0.29, 0.717) is 19.1 Å². The Morgan fingerprint density at radius 3 is 2.82 bits per heavy atom. The zero-order valence-corrected chi connectivity index (χ0v) is 12.2. The Labute approximate surface area is 118 Å². The minimum absolute atomic E-state index is 0.459. The maximum absolute atomic E-state index is 5.69. The number of aromatic nitrogens is 1. The second-order valence-corrected chi connectivity index (χ2v) is 5.51. The van der Waals surface area contributed by atoms with Crippen molar-refractivity contribution in [1.82, 2.24) is 4.98 Å². The maximum Gasteiger partial charge on any atom is 0.119 e. The Hall–Kier alpha value is -0.420. The summed E-state index contributed by atoms with van der Waals surface area (Å²) < 4.78 is 6.69. The predicted molar refractivity (Wildman–Crippen MR) is 74.3 cm³/mol. The third-order valence-corrected chi connectivity index (χ3v) is 4.10. The number of benzene rings is 1. The Morgan fingerprint density at radius 2 is 2.12 bits per heavy atom. The van der Waals surface area contributed by atoms with Gasteiger partial charge in [-0.15, -0.1) is 22.9 Å². The molecule has 0 aliphatic heterocycles. The van der Waals surface area contributed by atoms with Gasteiger partial charge in [-0.25, -0.2) is 4.98 Å².